The Labute approximate surface area is 161 Å². The van der Waals surface area contributed by atoms with E-state index in [4.69, 9.17) is 12.2 Å². The van der Waals surface area contributed by atoms with E-state index in [1.165, 1.54) is 12.1 Å². The quantitative estimate of drug-likeness (QED) is 0.580. The molecule has 0 aliphatic carbocycles. The second kappa shape index (κ2) is 6.45. The number of carbonyl (C=O) groups is 2. The van der Waals surface area contributed by atoms with E-state index in [0.29, 0.717) is 10.6 Å². The average Bonchev–Trinajstić information content (AvgIpc) is 3.12. The fourth-order valence-electron chi connectivity index (χ4n) is 2.74. The fourth-order valence-corrected chi connectivity index (χ4v) is 4.00. The molecule has 0 saturated carbocycles. The standard InChI is InChI=1S/C18H11N3O4S2/c22-12-8-4-2-6-10(12)15(23)20-21-17(25)14(27-18(21)26)13-9-5-1-3-7-11(9)19-16(13)24/h1-8,22,25H,(H,20,23). The molecule has 3 aromatic rings. The maximum atomic E-state index is 12.4. The van der Waals surface area contributed by atoms with Gasteiger partial charge in [0.2, 0.25) is 5.88 Å². The van der Waals surface area contributed by atoms with Crippen LogP contribution in [0.5, 0.6) is 11.6 Å². The number of amides is 2. The van der Waals surface area contributed by atoms with Gasteiger partial charge in [-0.05, 0) is 30.4 Å². The summed E-state index contributed by atoms with van der Waals surface area (Å²) in [5.74, 6) is -1.72. The SMILES string of the molecule is O=C1N=c2ccccc2=C1c1sc(=S)n(NC(=O)c2ccccc2O)c1O. The van der Waals surface area contributed by atoms with Crippen molar-refractivity contribution in [3.05, 3.63) is 73.5 Å². The molecule has 3 N–H and O–H groups in total. The number of thiazole rings is 1. The van der Waals surface area contributed by atoms with Gasteiger partial charge in [0.05, 0.1) is 16.5 Å². The summed E-state index contributed by atoms with van der Waals surface area (Å²) >= 11 is 6.20. The van der Waals surface area contributed by atoms with Crippen LogP contribution in [0, 0.1) is 3.95 Å². The molecule has 0 fully saturated rings. The number of hydrogen-bond donors (Lipinski definition) is 3. The van der Waals surface area contributed by atoms with Crippen LogP contribution in [-0.2, 0) is 4.79 Å². The predicted octanol–water partition coefficient (Wildman–Crippen LogP) is 1.43. The van der Waals surface area contributed by atoms with Gasteiger partial charge < -0.3 is 10.2 Å². The van der Waals surface area contributed by atoms with Crippen molar-refractivity contribution < 1.29 is 19.8 Å². The van der Waals surface area contributed by atoms with Gasteiger partial charge in [0.15, 0.2) is 3.95 Å². The second-order valence-electron chi connectivity index (χ2n) is 5.62. The normalized spacial score (nSPS) is 12.6. The number of aromatic hydroxyl groups is 2. The first-order valence-electron chi connectivity index (χ1n) is 7.74. The average molecular weight is 397 g/mol. The third-order valence-corrected chi connectivity index (χ3v) is 5.37. The van der Waals surface area contributed by atoms with Gasteiger partial charge in [0.25, 0.3) is 11.8 Å². The molecule has 0 spiro atoms. The first kappa shape index (κ1) is 17.1. The van der Waals surface area contributed by atoms with Gasteiger partial charge >= 0.3 is 0 Å². The molecule has 0 bridgehead atoms. The van der Waals surface area contributed by atoms with Crippen LogP contribution in [0.15, 0.2) is 53.5 Å². The van der Waals surface area contributed by atoms with Crippen LogP contribution in [-0.4, -0.2) is 26.7 Å². The lowest BCUT2D eigenvalue weighted by molar-refractivity contribution is -0.112. The minimum absolute atomic E-state index is 0.0245. The maximum Gasteiger partial charge on any atom is 0.279 e. The minimum Gasteiger partial charge on any atom is -0.507 e. The Morgan fingerprint density at radius 2 is 1.81 bits per heavy atom. The summed E-state index contributed by atoms with van der Waals surface area (Å²) in [6.45, 7) is 0. The van der Waals surface area contributed by atoms with E-state index in [-0.39, 0.29) is 31.6 Å². The summed E-state index contributed by atoms with van der Waals surface area (Å²) in [6.07, 6.45) is 0. The molecule has 2 heterocycles. The van der Waals surface area contributed by atoms with Crippen LogP contribution in [0.1, 0.15) is 15.2 Å². The van der Waals surface area contributed by atoms with Crippen molar-refractivity contribution in [3.8, 4) is 11.6 Å². The number of hydrogen-bond acceptors (Lipinski definition) is 6. The lowest BCUT2D eigenvalue weighted by Gasteiger charge is -2.08. The topological polar surface area (TPSA) is 104 Å². The number of rotatable bonds is 3. The van der Waals surface area contributed by atoms with Crippen molar-refractivity contribution in [1.29, 1.82) is 0 Å². The maximum absolute atomic E-state index is 12.4. The van der Waals surface area contributed by atoms with Crippen LogP contribution in [0.3, 0.4) is 0 Å². The highest BCUT2D eigenvalue weighted by molar-refractivity contribution is 7.73. The second-order valence-corrected chi connectivity index (χ2v) is 7.27. The van der Waals surface area contributed by atoms with E-state index in [2.05, 4.69) is 10.4 Å². The summed E-state index contributed by atoms with van der Waals surface area (Å²) in [7, 11) is 0. The molecule has 1 aliphatic heterocycles. The first-order chi connectivity index (χ1) is 13.0. The Morgan fingerprint density at radius 1 is 1.11 bits per heavy atom. The molecule has 0 radical (unpaired) electrons. The smallest absolute Gasteiger partial charge is 0.279 e. The number of fused-ring (bicyclic) bond motifs is 1. The molecule has 0 saturated heterocycles. The lowest BCUT2D eigenvalue weighted by Crippen LogP contribution is -2.23. The molecular weight excluding hydrogens is 386 g/mol. The van der Waals surface area contributed by atoms with E-state index < -0.39 is 11.8 Å². The van der Waals surface area contributed by atoms with Gasteiger partial charge in [0.1, 0.15) is 10.6 Å². The number of carbonyl (C=O) groups excluding carboxylic acids is 2. The van der Waals surface area contributed by atoms with Crippen LogP contribution in [0.4, 0.5) is 0 Å². The lowest BCUT2D eigenvalue weighted by atomic mass is 10.1. The third-order valence-electron chi connectivity index (χ3n) is 3.99. The van der Waals surface area contributed by atoms with Gasteiger partial charge in [0, 0.05) is 5.22 Å². The summed E-state index contributed by atoms with van der Waals surface area (Å²) in [4.78, 5) is 28.9. The highest BCUT2D eigenvalue weighted by Gasteiger charge is 2.26. The van der Waals surface area contributed by atoms with Crippen molar-refractivity contribution >= 4 is 40.9 Å². The molecule has 1 aromatic heterocycles. The van der Waals surface area contributed by atoms with Crippen LogP contribution < -0.4 is 16.0 Å². The number of aromatic nitrogens is 1. The van der Waals surface area contributed by atoms with Gasteiger partial charge in [-0.15, -0.1) is 0 Å². The van der Waals surface area contributed by atoms with Crippen molar-refractivity contribution in [1.82, 2.24) is 4.68 Å². The molecule has 2 aromatic carbocycles. The van der Waals surface area contributed by atoms with Crippen molar-refractivity contribution in [2.75, 3.05) is 5.43 Å². The van der Waals surface area contributed by atoms with Gasteiger partial charge in [-0.2, -0.15) is 4.68 Å². The number of nitrogens with one attached hydrogen (secondary N) is 1. The Bertz CT molecular complexity index is 1290. The molecule has 0 unspecified atom stereocenters. The molecule has 0 atom stereocenters. The predicted molar refractivity (Wildman–Crippen MR) is 101 cm³/mol. The van der Waals surface area contributed by atoms with Gasteiger partial charge in [-0.1, -0.05) is 41.7 Å². The number of para-hydroxylation sites is 2. The zero-order chi connectivity index (χ0) is 19.1. The Hall–Kier alpha value is -3.30. The number of phenolic OH excluding ortho intramolecular Hbond substituents is 1. The van der Waals surface area contributed by atoms with E-state index in [1.807, 2.05) is 0 Å². The summed E-state index contributed by atoms with van der Waals surface area (Å²) in [5.41, 5.74) is 2.69. The molecule has 1 aliphatic rings. The van der Waals surface area contributed by atoms with Crippen LogP contribution in [0.25, 0.3) is 5.57 Å². The van der Waals surface area contributed by atoms with E-state index in [0.717, 1.165) is 16.0 Å². The fraction of sp³-hybridized carbons (Fsp3) is 0. The Morgan fingerprint density at radius 3 is 2.59 bits per heavy atom. The van der Waals surface area contributed by atoms with Crippen LogP contribution in [0.2, 0.25) is 0 Å². The van der Waals surface area contributed by atoms with E-state index in [1.54, 1.807) is 36.4 Å². The molecule has 27 heavy (non-hydrogen) atoms. The molecular formula is C18H11N3O4S2. The largest absolute Gasteiger partial charge is 0.507 e. The molecule has 9 heteroatoms. The zero-order valence-electron chi connectivity index (χ0n) is 13.5. The van der Waals surface area contributed by atoms with Crippen molar-refractivity contribution in [2.45, 2.75) is 0 Å². The Kier molecular flexibility index (Phi) is 4.09. The van der Waals surface area contributed by atoms with E-state index >= 15 is 0 Å². The van der Waals surface area contributed by atoms with E-state index in [9.17, 15) is 19.8 Å². The molecule has 134 valence electrons. The van der Waals surface area contributed by atoms with Gasteiger partial charge in [-0.25, -0.2) is 4.99 Å². The summed E-state index contributed by atoms with van der Waals surface area (Å²) in [6, 6.07) is 12.9. The van der Waals surface area contributed by atoms with Crippen LogP contribution >= 0.6 is 23.6 Å². The summed E-state index contributed by atoms with van der Waals surface area (Å²) in [5, 5.41) is 21.5. The minimum atomic E-state index is -0.656. The zero-order valence-corrected chi connectivity index (χ0v) is 15.2. The van der Waals surface area contributed by atoms with Crippen molar-refractivity contribution in [3.63, 3.8) is 0 Å². The third kappa shape index (κ3) is 2.82. The first-order valence-corrected chi connectivity index (χ1v) is 8.97. The molecule has 7 nitrogen and oxygen atoms in total. The molecule has 4 rings (SSSR count). The highest BCUT2D eigenvalue weighted by Crippen LogP contribution is 2.32. The number of benzene rings is 2. The monoisotopic (exact) mass is 397 g/mol. The van der Waals surface area contributed by atoms with Crippen molar-refractivity contribution in [2.24, 2.45) is 4.99 Å². The van der Waals surface area contributed by atoms with Gasteiger partial charge in [-0.3, -0.25) is 15.0 Å². The summed E-state index contributed by atoms with van der Waals surface area (Å²) < 4.78 is 1.14. The Balaban J connectivity index is 1.80. The highest BCUT2D eigenvalue weighted by atomic mass is 32.1. The number of phenols is 1. The number of nitrogens with zero attached hydrogens (tertiary/aromatic N) is 2. The molecule has 2 amide bonds.